The number of alkyl halides is 1. The number of carbonyl (C=O) groups is 2. The molecule has 0 unspecified atom stereocenters. The number of aliphatic hydroxyl groups excluding tert-OH is 1. The summed E-state index contributed by atoms with van der Waals surface area (Å²) < 4.78 is 9.47. The minimum absolute atomic E-state index is 0. The zero-order valence-corrected chi connectivity index (χ0v) is 54.9. The van der Waals surface area contributed by atoms with Gasteiger partial charge in [0, 0.05) is 76.5 Å². The Balaban J connectivity index is -0.000000258. The van der Waals surface area contributed by atoms with Gasteiger partial charge in [-0.15, -0.1) is 0 Å². The Morgan fingerprint density at radius 3 is 1.41 bits per heavy atom. The molecule has 6 aromatic heterocycles. The maximum absolute atomic E-state index is 11.4. The summed E-state index contributed by atoms with van der Waals surface area (Å²) in [6, 6.07) is 10.7. The summed E-state index contributed by atoms with van der Waals surface area (Å²) in [5, 5.41) is 10.7. The van der Waals surface area contributed by atoms with Crippen molar-refractivity contribution in [1.29, 1.82) is 0 Å². The topological polar surface area (TPSA) is 183 Å². The largest absolute Gasteiger partial charge is 2.00 e. The summed E-state index contributed by atoms with van der Waals surface area (Å²) in [5.74, 6) is -0.0750. The normalized spacial score (nSPS) is 9.30. The zero-order valence-electron chi connectivity index (χ0n) is 42.4. The fraction of sp³-hybridized carbons (Fsp3) is 0.353. The van der Waals surface area contributed by atoms with E-state index in [-0.39, 0.29) is 93.7 Å². The molecule has 0 fully saturated rings. The minimum atomic E-state index is -0.550. The molecule has 73 heavy (non-hydrogen) atoms. The van der Waals surface area contributed by atoms with Crippen LogP contribution < -0.4 is 5.56 Å². The van der Waals surface area contributed by atoms with Gasteiger partial charge in [-0.05, 0) is 186 Å². The van der Waals surface area contributed by atoms with Crippen LogP contribution in [-0.4, -0.2) is 65.1 Å². The molecule has 0 atom stereocenters. The number of aromatic nitrogens is 7. The van der Waals surface area contributed by atoms with Gasteiger partial charge in [-0.3, -0.25) is 24.7 Å². The Hall–Kier alpha value is -2.57. The van der Waals surface area contributed by atoms with Crippen molar-refractivity contribution < 1.29 is 43.6 Å². The Kier molecular flexibility index (Phi) is 47.3. The summed E-state index contributed by atoms with van der Waals surface area (Å²) in [7, 11) is 0. The number of ether oxygens (including phenoxy) is 2. The van der Waals surface area contributed by atoms with Gasteiger partial charge in [-0.2, -0.15) is 0 Å². The van der Waals surface area contributed by atoms with E-state index < -0.39 is 5.97 Å². The first-order valence-corrected chi connectivity index (χ1v) is 30.8. The predicted molar refractivity (Wildman–Crippen MR) is 319 cm³/mol. The summed E-state index contributed by atoms with van der Waals surface area (Å²) in [6.45, 7) is 21.8. The molecule has 0 saturated carbocycles. The number of rotatable bonds is 9. The molecule has 22 heteroatoms. The van der Waals surface area contributed by atoms with Crippen molar-refractivity contribution in [2.45, 2.75) is 114 Å². The molecule has 0 saturated heterocycles. The number of pyridine rings is 5. The Morgan fingerprint density at radius 2 is 1.05 bits per heavy atom. The maximum atomic E-state index is 11.4. The first-order chi connectivity index (χ1) is 32.1. The average Bonchev–Trinajstić information content (AvgIpc) is 3.24. The standard InChI is InChI=1S/C13H15N3OS.C10H13NO2.C8H10BrN.C8H7Cl2NO2.C8H11NO.2CH4.2CH3.Br3P.Zn/c1-8-4-5-14-10(3)11(8)7-18-13-15-9(2)6-12(17)16-13;1-4-13-10(12)9-7(2)5-6-11-8(9)3;1-6-3-4-10-7(2)8(6)5-9;1-2-13-8(12)6-5(9)3-4-11-7(6)10;1-6-3-4-9-7(2)8(6)5-10;;;;;1-4(2)3;/h4-6H,7H2,1-3H3,(H,15,16,17);5-6H,4H2,1-3H3;3-4H,5H2,1-2H3;3-4H,2H2,1H3;3-4,10H,5H2,1-2H3;2*1H4;2*1H3;;/q;;;;;;;2*-1;;+2. The van der Waals surface area contributed by atoms with Gasteiger partial charge < -0.3 is 34.4 Å². The molecule has 2 N–H and O–H groups in total. The minimum Gasteiger partial charge on any atom is -0.462 e. The molecular weight excluding hydrogens is 1330 g/mol. The van der Waals surface area contributed by atoms with E-state index in [9.17, 15) is 14.4 Å². The molecule has 0 spiro atoms. The van der Waals surface area contributed by atoms with E-state index in [0.29, 0.717) is 17.3 Å². The molecule has 400 valence electrons. The van der Waals surface area contributed by atoms with Crippen LogP contribution in [-0.2, 0) is 46.6 Å². The van der Waals surface area contributed by atoms with E-state index >= 15 is 0 Å². The molecule has 0 amide bonds. The fourth-order valence-electron chi connectivity index (χ4n) is 5.60. The van der Waals surface area contributed by atoms with Gasteiger partial charge in [-0.25, -0.2) is 19.6 Å². The summed E-state index contributed by atoms with van der Waals surface area (Å²) in [6.07, 6.45) is 8.52. The van der Waals surface area contributed by atoms with Crippen molar-refractivity contribution in [3.8, 4) is 0 Å². The van der Waals surface area contributed by atoms with Gasteiger partial charge in [0.2, 0.25) is 0 Å². The number of nitrogens with one attached hydrogen (secondary N) is 1. The number of aryl methyl sites for hydroxylation is 9. The quantitative estimate of drug-likeness (QED) is 0.0204. The molecule has 6 heterocycles. The van der Waals surface area contributed by atoms with Crippen LogP contribution in [0.3, 0.4) is 0 Å². The molecular formula is C51H70Br4Cl2N7O6PSZn. The number of aliphatic hydroxyl groups is 1. The monoisotopic (exact) mass is 1390 g/mol. The van der Waals surface area contributed by atoms with Crippen LogP contribution in [0.25, 0.3) is 0 Å². The average molecular weight is 1400 g/mol. The third-order valence-corrected chi connectivity index (χ3v) is 11.2. The molecule has 13 nitrogen and oxygen atoms in total. The number of aromatic amines is 1. The van der Waals surface area contributed by atoms with Gasteiger partial charge in [-0.1, -0.05) is 65.7 Å². The predicted octanol–water partition coefficient (Wildman–Crippen LogP) is 16.2. The van der Waals surface area contributed by atoms with E-state index in [2.05, 4.69) is 111 Å². The van der Waals surface area contributed by atoms with E-state index in [0.717, 1.165) is 56.2 Å². The number of nitrogens with zero attached hydrogens (tertiary/aromatic N) is 6. The Bertz CT molecular complexity index is 2390. The molecule has 0 radical (unpaired) electrons. The Labute approximate surface area is 495 Å². The maximum Gasteiger partial charge on any atom is 2.00 e. The van der Waals surface area contributed by atoms with Crippen molar-refractivity contribution in [3.05, 3.63) is 181 Å². The van der Waals surface area contributed by atoms with Crippen LogP contribution in [0.4, 0.5) is 0 Å². The fourth-order valence-corrected chi connectivity index (χ4v) is 8.05. The van der Waals surface area contributed by atoms with Crippen molar-refractivity contribution in [1.82, 2.24) is 34.9 Å². The van der Waals surface area contributed by atoms with Crippen molar-refractivity contribution >= 4 is 113 Å². The molecule has 0 bridgehead atoms. The van der Waals surface area contributed by atoms with Gasteiger partial charge in [0.25, 0.3) is 5.56 Å². The third-order valence-electron chi connectivity index (χ3n) is 9.17. The van der Waals surface area contributed by atoms with Crippen LogP contribution in [0, 0.1) is 77.2 Å². The van der Waals surface area contributed by atoms with Gasteiger partial charge in [0.15, 0.2) is 5.16 Å². The smallest absolute Gasteiger partial charge is 0.462 e. The molecule has 0 aromatic carbocycles. The first kappa shape index (κ1) is 79.3. The third kappa shape index (κ3) is 30.1. The van der Waals surface area contributed by atoms with E-state index in [4.69, 9.17) is 37.8 Å². The number of halogens is 6. The SMILES string of the molecule is BrP(Br)Br.C.C.CCOC(=O)c1c(C)ccnc1C.CCOC(=O)c1c(Cl)ccnc1Cl.Cc1cc(=O)[nH]c(SCc2c(C)ccnc2C)n1.Cc1ccnc(C)c1CBr.Cc1ccnc(C)c1CO.[CH3-].[CH3-].[Zn+2]. The number of H-pyrrole nitrogens is 1. The van der Waals surface area contributed by atoms with Crippen LogP contribution in [0.5, 0.6) is 0 Å². The van der Waals surface area contributed by atoms with Crippen molar-refractivity contribution in [3.63, 3.8) is 0 Å². The first-order valence-electron chi connectivity index (χ1n) is 20.6. The molecule has 0 aliphatic rings. The van der Waals surface area contributed by atoms with Crippen LogP contribution in [0.15, 0.2) is 77.3 Å². The molecule has 0 aliphatic heterocycles. The number of thioether (sulfide) groups is 1. The van der Waals surface area contributed by atoms with Crippen molar-refractivity contribution in [2.75, 3.05) is 13.2 Å². The number of hydrogen-bond acceptors (Lipinski definition) is 13. The molecule has 6 rings (SSSR count). The second kappa shape index (κ2) is 43.5. The molecule has 0 aliphatic carbocycles. The second-order valence-corrected chi connectivity index (χ2v) is 31.7. The van der Waals surface area contributed by atoms with Crippen LogP contribution in [0.2, 0.25) is 10.2 Å². The summed E-state index contributed by atoms with van der Waals surface area (Å²) in [5.41, 5.74) is 13.1. The zero-order chi connectivity index (χ0) is 51.5. The van der Waals surface area contributed by atoms with E-state index in [1.807, 2.05) is 72.1 Å². The number of carbonyl (C=O) groups excluding carboxylic acids is 2. The van der Waals surface area contributed by atoms with Crippen LogP contribution >= 0.6 is 101 Å². The van der Waals surface area contributed by atoms with Crippen LogP contribution in [0.1, 0.15) is 117 Å². The van der Waals surface area contributed by atoms with E-state index in [1.165, 1.54) is 52.3 Å². The van der Waals surface area contributed by atoms with Gasteiger partial charge >= 0.3 is 31.4 Å². The van der Waals surface area contributed by atoms with E-state index in [1.54, 1.807) is 39.2 Å². The van der Waals surface area contributed by atoms with Crippen molar-refractivity contribution in [2.24, 2.45) is 0 Å². The second-order valence-electron chi connectivity index (χ2n) is 14.0. The summed E-state index contributed by atoms with van der Waals surface area (Å²) >= 11 is 25.8. The van der Waals surface area contributed by atoms with Gasteiger partial charge in [0.1, 0.15) is 14.7 Å². The number of hydrogen-bond donors (Lipinski definition) is 2. The number of esters is 2. The Morgan fingerprint density at radius 1 is 0.658 bits per heavy atom. The summed E-state index contributed by atoms with van der Waals surface area (Å²) in [4.78, 5) is 61.3. The van der Waals surface area contributed by atoms with Gasteiger partial charge in [0.05, 0.1) is 36.1 Å². The molecule has 6 aromatic rings.